The molecule has 0 aliphatic heterocycles. The molecule has 0 heterocycles. The first kappa shape index (κ1) is 14.3. The third-order valence-electron chi connectivity index (χ3n) is 1.19. The van der Waals surface area contributed by atoms with Crippen molar-refractivity contribution in [1.82, 2.24) is 0 Å². The maximum atomic E-state index is 5.27. The van der Waals surface area contributed by atoms with Gasteiger partial charge < -0.3 is 14.2 Å². The van der Waals surface area contributed by atoms with Gasteiger partial charge in [-0.25, -0.2) is 0 Å². The summed E-state index contributed by atoms with van der Waals surface area (Å²) in [6, 6.07) is 0. The van der Waals surface area contributed by atoms with Crippen LogP contribution in [-0.2, 0) is 14.2 Å². The molecular formula is C8H16I2O3. The van der Waals surface area contributed by atoms with E-state index in [1.54, 1.807) is 0 Å². The second-order valence-electron chi connectivity index (χ2n) is 2.22. The van der Waals surface area contributed by atoms with Gasteiger partial charge in [-0.05, 0) is 0 Å². The molecule has 0 atom stereocenters. The Balaban J connectivity index is 2.76. The molecule has 0 bridgehead atoms. The first-order valence-corrected chi connectivity index (χ1v) is 7.32. The zero-order chi connectivity index (χ0) is 9.78. The molecule has 0 aromatic heterocycles. The van der Waals surface area contributed by atoms with E-state index in [1.807, 2.05) is 0 Å². The normalized spacial score (nSPS) is 10.6. The van der Waals surface area contributed by atoms with Crippen molar-refractivity contribution >= 4 is 45.2 Å². The Morgan fingerprint density at radius 2 is 0.846 bits per heavy atom. The number of ether oxygens (including phenoxy) is 3. The van der Waals surface area contributed by atoms with Gasteiger partial charge in [0.25, 0.3) is 0 Å². The molecule has 0 unspecified atom stereocenters. The quantitative estimate of drug-likeness (QED) is 0.311. The van der Waals surface area contributed by atoms with Crippen LogP contribution in [0, 0.1) is 0 Å². The monoisotopic (exact) mass is 414 g/mol. The van der Waals surface area contributed by atoms with Crippen LogP contribution in [-0.4, -0.2) is 48.5 Å². The summed E-state index contributed by atoms with van der Waals surface area (Å²) >= 11 is 4.57. The van der Waals surface area contributed by atoms with Crippen LogP contribution in [0.1, 0.15) is 0 Å². The van der Waals surface area contributed by atoms with E-state index in [2.05, 4.69) is 45.2 Å². The minimum absolute atomic E-state index is 0.671. The van der Waals surface area contributed by atoms with Gasteiger partial charge in [-0.15, -0.1) is 0 Å². The third kappa shape index (κ3) is 13.3. The molecule has 5 heteroatoms. The summed E-state index contributed by atoms with van der Waals surface area (Å²) in [5, 5.41) is 0. The number of alkyl halides is 2. The molecule has 0 radical (unpaired) electrons. The smallest absolute Gasteiger partial charge is 0.0701 e. The van der Waals surface area contributed by atoms with E-state index in [0.29, 0.717) is 26.4 Å². The summed E-state index contributed by atoms with van der Waals surface area (Å²) in [6.07, 6.45) is 0. The summed E-state index contributed by atoms with van der Waals surface area (Å²) in [5.41, 5.74) is 0. The molecule has 0 aromatic rings. The number of hydrogen-bond donors (Lipinski definition) is 0. The fourth-order valence-electron chi connectivity index (χ4n) is 0.651. The summed E-state index contributed by atoms with van der Waals surface area (Å²) in [4.78, 5) is 0. The van der Waals surface area contributed by atoms with Crippen LogP contribution >= 0.6 is 45.2 Å². The number of rotatable bonds is 10. The van der Waals surface area contributed by atoms with Gasteiger partial charge in [0.1, 0.15) is 0 Å². The maximum absolute atomic E-state index is 5.27. The molecule has 0 aliphatic rings. The molecule has 0 rings (SSSR count). The highest BCUT2D eigenvalue weighted by molar-refractivity contribution is 14.1. The van der Waals surface area contributed by atoms with Crippen molar-refractivity contribution in [2.24, 2.45) is 0 Å². The van der Waals surface area contributed by atoms with Crippen molar-refractivity contribution in [3.63, 3.8) is 0 Å². The van der Waals surface area contributed by atoms with Gasteiger partial charge in [0.15, 0.2) is 0 Å². The Hall–Kier alpha value is 1.34. The Morgan fingerprint density at radius 1 is 0.538 bits per heavy atom. The molecule has 3 nitrogen and oxygen atoms in total. The SMILES string of the molecule is ICCOCCOCCOCCI. The van der Waals surface area contributed by atoms with Crippen molar-refractivity contribution in [3.05, 3.63) is 0 Å². The minimum atomic E-state index is 0.671. The third-order valence-corrected chi connectivity index (χ3v) is 2.07. The molecule has 0 fully saturated rings. The maximum Gasteiger partial charge on any atom is 0.0701 e. The van der Waals surface area contributed by atoms with E-state index in [9.17, 15) is 0 Å². The van der Waals surface area contributed by atoms with E-state index < -0.39 is 0 Å². The van der Waals surface area contributed by atoms with Gasteiger partial charge in [-0.3, -0.25) is 0 Å². The highest BCUT2D eigenvalue weighted by Crippen LogP contribution is 1.85. The topological polar surface area (TPSA) is 27.7 Å². The Labute approximate surface area is 107 Å². The standard InChI is InChI=1S/C8H16I2O3/c9-1-3-11-5-7-13-8-6-12-4-2-10/h1-8H2. The highest BCUT2D eigenvalue weighted by Gasteiger charge is 1.89. The zero-order valence-electron chi connectivity index (χ0n) is 7.64. The van der Waals surface area contributed by atoms with Crippen LogP contribution in [0.5, 0.6) is 0 Å². The summed E-state index contributed by atoms with van der Waals surface area (Å²) in [7, 11) is 0. The fraction of sp³-hybridized carbons (Fsp3) is 1.00. The van der Waals surface area contributed by atoms with Crippen LogP contribution < -0.4 is 0 Å². The lowest BCUT2D eigenvalue weighted by Gasteiger charge is -2.04. The summed E-state index contributed by atoms with van der Waals surface area (Å²) in [6.45, 7) is 4.35. The number of halogens is 2. The lowest BCUT2D eigenvalue weighted by Crippen LogP contribution is -2.10. The van der Waals surface area contributed by atoms with E-state index in [-0.39, 0.29) is 0 Å². The van der Waals surface area contributed by atoms with Gasteiger partial charge in [-0.2, -0.15) is 0 Å². The number of hydrogen-bond acceptors (Lipinski definition) is 3. The van der Waals surface area contributed by atoms with E-state index >= 15 is 0 Å². The van der Waals surface area contributed by atoms with Crippen molar-refractivity contribution in [1.29, 1.82) is 0 Å². The molecule has 0 amide bonds. The first-order valence-electron chi connectivity index (χ1n) is 4.27. The fourth-order valence-corrected chi connectivity index (χ4v) is 1.27. The first-order chi connectivity index (χ1) is 6.41. The average Bonchev–Trinajstić information content (AvgIpc) is 2.16. The van der Waals surface area contributed by atoms with Crippen LogP contribution in [0.3, 0.4) is 0 Å². The average molecular weight is 414 g/mol. The van der Waals surface area contributed by atoms with Gasteiger partial charge in [0.05, 0.1) is 39.6 Å². The predicted molar refractivity (Wildman–Crippen MR) is 70.2 cm³/mol. The van der Waals surface area contributed by atoms with E-state index in [1.165, 1.54) is 0 Å². The van der Waals surface area contributed by atoms with E-state index in [4.69, 9.17) is 14.2 Å². The van der Waals surface area contributed by atoms with Crippen molar-refractivity contribution in [3.8, 4) is 0 Å². The molecule has 0 aliphatic carbocycles. The molecule has 0 saturated heterocycles. The van der Waals surface area contributed by atoms with Gasteiger partial charge in [0.2, 0.25) is 0 Å². The Morgan fingerprint density at radius 3 is 1.15 bits per heavy atom. The van der Waals surface area contributed by atoms with Gasteiger partial charge in [-0.1, -0.05) is 45.2 Å². The minimum Gasteiger partial charge on any atom is -0.378 e. The molecule has 0 N–H and O–H groups in total. The summed E-state index contributed by atoms with van der Waals surface area (Å²) < 4.78 is 17.8. The molecule has 13 heavy (non-hydrogen) atoms. The van der Waals surface area contributed by atoms with Gasteiger partial charge in [0, 0.05) is 8.86 Å². The van der Waals surface area contributed by atoms with Crippen LogP contribution in [0.4, 0.5) is 0 Å². The molecule has 0 aromatic carbocycles. The summed E-state index contributed by atoms with van der Waals surface area (Å²) in [5.74, 6) is 0. The van der Waals surface area contributed by atoms with Crippen LogP contribution in [0.15, 0.2) is 0 Å². The zero-order valence-corrected chi connectivity index (χ0v) is 12.0. The molecule has 0 saturated carbocycles. The van der Waals surface area contributed by atoms with Crippen molar-refractivity contribution < 1.29 is 14.2 Å². The van der Waals surface area contributed by atoms with Gasteiger partial charge >= 0.3 is 0 Å². The largest absolute Gasteiger partial charge is 0.378 e. The second kappa shape index (κ2) is 13.3. The van der Waals surface area contributed by atoms with E-state index in [0.717, 1.165) is 22.1 Å². The Kier molecular flexibility index (Phi) is 14.7. The predicted octanol–water partition coefficient (Wildman–Crippen LogP) is 1.91. The molecule has 0 spiro atoms. The van der Waals surface area contributed by atoms with Crippen LogP contribution in [0.25, 0.3) is 0 Å². The lowest BCUT2D eigenvalue weighted by atomic mass is 10.7. The second-order valence-corrected chi connectivity index (χ2v) is 4.37. The van der Waals surface area contributed by atoms with Crippen molar-refractivity contribution in [2.75, 3.05) is 48.5 Å². The van der Waals surface area contributed by atoms with Crippen molar-refractivity contribution in [2.45, 2.75) is 0 Å². The Bertz CT molecular complexity index is 83.5. The molecular weight excluding hydrogens is 398 g/mol. The lowest BCUT2D eigenvalue weighted by molar-refractivity contribution is 0.0211. The van der Waals surface area contributed by atoms with Crippen LogP contribution in [0.2, 0.25) is 0 Å². The highest BCUT2D eigenvalue weighted by atomic mass is 127. The molecule has 80 valence electrons.